The monoisotopic (exact) mass is 671 g/mol. The molecule has 0 bridgehead atoms. The van der Waals surface area contributed by atoms with Crippen LogP contribution in [-0.2, 0) is 13.0 Å². The third-order valence-corrected chi connectivity index (χ3v) is 10.8. The Labute approximate surface area is 289 Å². The maximum Gasteiger partial charge on any atom is 0.257 e. The van der Waals surface area contributed by atoms with Crippen LogP contribution in [0.2, 0.25) is 0 Å². The Kier molecular flexibility index (Phi) is 9.75. The standard InChI is InChI=1S/C38H50FN7O3/c1-5-46(26(2)3)37(47)30-17-28(39)7-8-33(30)49-35-20-40-25-42-36(35)45-23-38(24-45)18-29(19-38)48-34-9-12-41-32-11-16-44(22-31(32)34)14-6-13-43-15-10-27(4)21-43/h7-9,12,17,20,25-27,29H,5-6,10-11,13-16,18-19,21-24H2,1-4H3. The summed E-state index contributed by atoms with van der Waals surface area (Å²) in [5, 5.41) is 0. The Hall–Kier alpha value is -3.83. The fourth-order valence-electron chi connectivity index (χ4n) is 8.25. The Morgan fingerprint density at radius 1 is 1.08 bits per heavy atom. The maximum atomic E-state index is 14.3. The number of anilines is 1. The van der Waals surface area contributed by atoms with Crippen molar-refractivity contribution in [3.05, 3.63) is 65.6 Å². The first kappa shape index (κ1) is 33.7. The van der Waals surface area contributed by atoms with Crippen LogP contribution in [0.5, 0.6) is 17.2 Å². The van der Waals surface area contributed by atoms with Crippen molar-refractivity contribution in [3.63, 3.8) is 0 Å². The second-order valence-corrected chi connectivity index (χ2v) is 15.0. The second kappa shape index (κ2) is 14.2. The van der Waals surface area contributed by atoms with E-state index in [2.05, 4.69) is 31.6 Å². The maximum absolute atomic E-state index is 14.3. The number of halogens is 1. The van der Waals surface area contributed by atoms with Gasteiger partial charge in [0.05, 0.1) is 11.8 Å². The van der Waals surface area contributed by atoms with Gasteiger partial charge in [0.25, 0.3) is 5.91 Å². The first-order valence-corrected chi connectivity index (χ1v) is 18.1. The van der Waals surface area contributed by atoms with Gasteiger partial charge in [0.1, 0.15) is 29.7 Å². The van der Waals surface area contributed by atoms with Crippen molar-refractivity contribution in [2.45, 2.75) is 78.5 Å². The fourth-order valence-corrected chi connectivity index (χ4v) is 8.25. The number of aromatic nitrogens is 3. The lowest BCUT2D eigenvalue weighted by Crippen LogP contribution is -2.65. The zero-order valence-electron chi connectivity index (χ0n) is 29.4. The smallest absolute Gasteiger partial charge is 0.257 e. The summed E-state index contributed by atoms with van der Waals surface area (Å²) in [6, 6.07) is 6.07. The third-order valence-electron chi connectivity index (χ3n) is 10.8. The number of hydrogen-bond donors (Lipinski definition) is 0. The Balaban J connectivity index is 0.947. The second-order valence-electron chi connectivity index (χ2n) is 15.0. The van der Waals surface area contributed by atoms with E-state index < -0.39 is 5.82 Å². The molecule has 11 heteroatoms. The van der Waals surface area contributed by atoms with Gasteiger partial charge in [0, 0.05) is 74.6 Å². The summed E-state index contributed by atoms with van der Waals surface area (Å²) in [6.45, 7) is 17.1. The number of hydrogen-bond acceptors (Lipinski definition) is 9. The highest BCUT2D eigenvalue weighted by molar-refractivity contribution is 5.97. The lowest BCUT2D eigenvalue weighted by Gasteiger charge is -2.59. The Morgan fingerprint density at radius 3 is 2.65 bits per heavy atom. The van der Waals surface area contributed by atoms with E-state index in [1.165, 1.54) is 68.3 Å². The van der Waals surface area contributed by atoms with Crippen LogP contribution in [0.25, 0.3) is 0 Å². The van der Waals surface area contributed by atoms with E-state index in [-0.39, 0.29) is 34.8 Å². The number of amides is 1. The molecule has 7 rings (SSSR count). The van der Waals surface area contributed by atoms with Crippen molar-refractivity contribution in [1.82, 2.24) is 29.7 Å². The predicted molar refractivity (Wildman–Crippen MR) is 187 cm³/mol. The van der Waals surface area contributed by atoms with Crippen molar-refractivity contribution in [1.29, 1.82) is 0 Å². The molecule has 10 nitrogen and oxygen atoms in total. The molecule has 1 aromatic carbocycles. The number of nitrogens with zero attached hydrogens (tertiary/aromatic N) is 7. The van der Waals surface area contributed by atoms with E-state index >= 15 is 0 Å². The molecule has 1 saturated carbocycles. The molecule has 0 radical (unpaired) electrons. The Morgan fingerprint density at radius 2 is 1.90 bits per heavy atom. The van der Waals surface area contributed by atoms with Gasteiger partial charge in [-0.3, -0.25) is 14.7 Å². The molecule has 3 fully saturated rings. The van der Waals surface area contributed by atoms with Crippen LogP contribution in [-0.4, -0.2) is 100 Å². The largest absolute Gasteiger partial charge is 0.490 e. The van der Waals surface area contributed by atoms with Crippen molar-refractivity contribution in [3.8, 4) is 17.2 Å². The van der Waals surface area contributed by atoms with E-state index in [0.29, 0.717) is 18.1 Å². The quantitative estimate of drug-likeness (QED) is 0.237. The molecule has 2 saturated heterocycles. The highest BCUT2D eigenvalue weighted by atomic mass is 19.1. The topological polar surface area (TPSA) is 87.2 Å². The number of fused-ring (bicyclic) bond motifs is 1. The minimum absolute atomic E-state index is 0.0332. The molecule has 4 aliphatic rings. The summed E-state index contributed by atoms with van der Waals surface area (Å²) >= 11 is 0. The predicted octanol–water partition coefficient (Wildman–Crippen LogP) is 5.81. The average Bonchev–Trinajstić information content (AvgIpc) is 3.47. The molecule has 3 aliphatic heterocycles. The van der Waals surface area contributed by atoms with Crippen molar-refractivity contribution >= 4 is 11.7 Å². The molecule has 1 unspecified atom stereocenters. The molecule has 0 N–H and O–H groups in total. The molecule has 262 valence electrons. The van der Waals surface area contributed by atoms with Crippen LogP contribution < -0.4 is 14.4 Å². The zero-order valence-corrected chi connectivity index (χ0v) is 29.4. The van der Waals surface area contributed by atoms with E-state index in [1.54, 1.807) is 11.1 Å². The van der Waals surface area contributed by atoms with Gasteiger partial charge in [-0.15, -0.1) is 0 Å². The molecule has 49 heavy (non-hydrogen) atoms. The summed E-state index contributed by atoms with van der Waals surface area (Å²) in [7, 11) is 0. The molecular formula is C38H50FN7O3. The Bertz CT molecular complexity index is 1640. The van der Waals surface area contributed by atoms with Gasteiger partial charge in [-0.25, -0.2) is 14.4 Å². The minimum Gasteiger partial charge on any atom is -0.490 e. The van der Waals surface area contributed by atoms with Gasteiger partial charge in [-0.05, 0) is 96.3 Å². The van der Waals surface area contributed by atoms with Gasteiger partial charge in [0.2, 0.25) is 0 Å². The number of carbonyl (C=O) groups excluding carboxylic acids is 1. The van der Waals surface area contributed by atoms with Gasteiger partial charge >= 0.3 is 0 Å². The lowest BCUT2D eigenvalue weighted by molar-refractivity contribution is -0.0352. The first-order valence-electron chi connectivity index (χ1n) is 18.1. The molecular weight excluding hydrogens is 621 g/mol. The number of ether oxygens (including phenoxy) is 2. The number of rotatable bonds is 12. The summed E-state index contributed by atoms with van der Waals surface area (Å²) in [5.74, 6) is 2.47. The lowest BCUT2D eigenvalue weighted by atomic mass is 9.61. The molecule has 1 atom stereocenters. The number of carbonyl (C=O) groups is 1. The highest BCUT2D eigenvalue weighted by Crippen LogP contribution is 2.52. The molecule has 1 spiro atoms. The van der Waals surface area contributed by atoms with E-state index in [0.717, 1.165) is 63.7 Å². The molecule has 5 heterocycles. The van der Waals surface area contributed by atoms with Crippen LogP contribution in [0.15, 0.2) is 43.0 Å². The van der Waals surface area contributed by atoms with Gasteiger partial charge in [-0.1, -0.05) is 6.92 Å². The van der Waals surface area contributed by atoms with Crippen molar-refractivity contribution < 1.29 is 18.7 Å². The van der Waals surface area contributed by atoms with Crippen LogP contribution in [0.3, 0.4) is 0 Å². The first-order chi connectivity index (χ1) is 23.7. The molecule has 1 amide bonds. The molecule has 3 aromatic rings. The molecule has 1 aliphatic carbocycles. The van der Waals surface area contributed by atoms with E-state index in [4.69, 9.17) is 14.5 Å². The van der Waals surface area contributed by atoms with Gasteiger partial charge in [-0.2, -0.15) is 0 Å². The van der Waals surface area contributed by atoms with Gasteiger partial charge < -0.3 is 24.2 Å². The summed E-state index contributed by atoms with van der Waals surface area (Å²) in [4.78, 5) is 35.9. The van der Waals surface area contributed by atoms with Crippen LogP contribution >= 0.6 is 0 Å². The summed E-state index contributed by atoms with van der Waals surface area (Å²) in [5.41, 5.74) is 2.80. The normalized spacial score (nSPS) is 20.6. The van der Waals surface area contributed by atoms with Crippen LogP contribution in [0.1, 0.15) is 75.0 Å². The van der Waals surface area contributed by atoms with Crippen molar-refractivity contribution in [2.75, 3.05) is 57.3 Å². The van der Waals surface area contributed by atoms with E-state index in [1.807, 2.05) is 33.0 Å². The highest BCUT2D eigenvalue weighted by Gasteiger charge is 2.54. The zero-order chi connectivity index (χ0) is 34.1. The minimum atomic E-state index is -0.487. The molecule has 2 aromatic heterocycles. The number of benzene rings is 1. The summed E-state index contributed by atoms with van der Waals surface area (Å²) < 4.78 is 27.2. The summed E-state index contributed by atoms with van der Waals surface area (Å²) in [6.07, 6.45) is 10.7. The average molecular weight is 672 g/mol. The third kappa shape index (κ3) is 7.24. The fraction of sp³-hybridized carbons (Fsp3) is 0.579. The van der Waals surface area contributed by atoms with Crippen LogP contribution in [0, 0.1) is 17.2 Å². The number of likely N-dealkylation sites (tertiary alicyclic amines) is 1. The van der Waals surface area contributed by atoms with Crippen LogP contribution in [0.4, 0.5) is 10.2 Å². The van der Waals surface area contributed by atoms with Gasteiger partial charge in [0.15, 0.2) is 11.6 Å². The van der Waals surface area contributed by atoms with E-state index in [9.17, 15) is 9.18 Å². The van der Waals surface area contributed by atoms with Crippen molar-refractivity contribution in [2.24, 2.45) is 11.3 Å². The number of pyridine rings is 1. The SMILES string of the molecule is CCN(C(=O)c1cc(F)ccc1Oc1cncnc1N1CC2(CC(Oc3ccnc4c3CN(CCCN3CCC(C)C3)CC4)C2)C1)C(C)C.